The summed E-state index contributed by atoms with van der Waals surface area (Å²) >= 11 is 0.957. The Hall–Kier alpha value is -6.32. The van der Waals surface area contributed by atoms with Crippen molar-refractivity contribution >= 4 is 76.1 Å². The van der Waals surface area contributed by atoms with Gasteiger partial charge in [0.25, 0.3) is 11.8 Å². The SMILES string of the molecule is Cc1ccc(N(CCC(=O)NCCCC#Cc2cccc3c2CN(C2CCC(=O)NC2=O)C3=O)C(=O)[C@@H]2CCCN2C(=O)C(NC(=O)c2cc3cc(C(F)(F)P(=O)(O)O)ccc3s2)C(C)(C)C)cc1. The van der Waals surface area contributed by atoms with Crippen molar-refractivity contribution in [1.29, 1.82) is 0 Å². The van der Waals surface area contributed by atoms with Gasteiger partial charge in [0.1, 0.15) is 18.1 Å². The monoisotopic (exact) mass is 986 g/mol. The molecule has 0 saturated carbocycles. The number of aryl methyl sites for hydroxylation is 1. The summed E-state index contributed by atoms with van der Waals surface area (Å²) in [7, 11) is -5.83. The van der Waals surface area contributed by atoms with Crippen LogP contribution in [0.25, 0.3) is 10.1 Å². The summed E-state index contributed by atoms with van der Waals surface area (Å²) in [4.78, 5) is 116. The van der Waals surface area contributed by atoms with Crippen LogP contribution in [0.2, 0.25) is 0 Å². The Labute approximate surface area is 401 Å². The van der Waals surface area contributed by atoms with Crippen molar-refractivity contribution in [3.8, 4) is 11.8 Å². The van der Waals surface area contributed by atoms with Gasteiger partial charge in [-0.05, 0) is 91.4 Å². The van der Waals surface area contributed by atoms with E-state index in [0.717, 1.165) is 34.6 Å². The highest BCUT2D eigenvalue weighted by Crippen LogP contribution is 2.59. The first kappa shape index (κ1) is 50.6. The van der Waals surface area contributed by atoms with Gasteiger partial charge in [0.2, 0.25) is 29.5 Å². The second-order valence-corrected chi connectivity index (χ2v) is 21.2. The summed E-state index contributed by atoms with van der Waals surface area (Å²) < 4.78 is 40.9. The molecule has 3 atom stereocenters. The summed E-state index contributed by atoms with van der Waals surface area (Å²) in [5.41, 5.74) is -2.87. The Morgan fingerprint density at radius 2 is 1.75 bits per heavy atom. The molecule has 3 aliphatic rings. The quantitative estimate of drug-likeness (QED) is 0.0449. The molecule has 16 nitrogen and oxygen atoms in total. The zero-order valence-electron chi connectivity index (χ0n) is 38.5. The zero-order chi connectivity index (χ0) is 50.0. The van der Waals surface area contributed by atoms with Gasteiger partial charge in [-0.15, -0.1) is 11.3 Å². The molecular weight excluding hydrogens is 934 g/mol. The minimum Gasteiger partial charge on any atom is -0.356 e. The van der Waals surface area contributed by atoms with Crippen LogP contribution in [0.3, 0.4) is 0 Å². The predicted octanol–water partition coefficient (Wildman–Crippen LogP) is 5.70. The Kier molecular flexibility index (Phi) is 14.9. The molecule has 7 rings (SSSR count). The highest BCUT2D eigenvalue weighted by atomic mass is 32.1. The van der Waals surface area contributed by atoms with Crippen LogP contribution >= 0.6 is 18.9 Å². The summed E-state index contributed by atoms with van der Waals surface area (Å²) in [6.45, 7) is 7.92. The van der Waals surface area contributed by atoms with Crippen LogP contribution in [0.5, 0.6) is 0 Å². The standard InChI is InChI=1S/C49H53F2N6O10PS/c1-29-14-17-33(18-15-29)55(25-22-40(58)52-23-7-5-6-10-30-11-8-12-34-35(30)28-57(45(34)62)36-19-21-41(59)53-43(36)60)46(63)37-13-9-24-56(37)47(64)42(48(2,3)4)54-44(61)39-27-31-26-32(16-20-38(31)69-39)49(50,51)68(65,66)67/h8,11-12,14-18,20,26-27,36-37,42H,5,7,9,13,19,21-25,28H2,1-4H3,(H,52,58)(H,54,61)(H,53,59,60)(H2,65,66,67)/t36?,37-,42?/m0/s1. The molecule has 7 amide bonds. The van der Waals surface area contributed by atoms with E-state index in [2.05, 4.69) is 27.8 Å². The number of anilines is 1. The fourth-order valence-corrected chi connectivity index (χ4v) is 10.1. The second kappa shape index (κ2) is 20.3. The van der Waals surface area contributed by atoms with Crippen molar-refractivity contribution < 1.29 is 56.7 Å². The highest BCUT2D eigenvalue weighted by molar-refractivity contribution is 7.52. The lowest BCUT2D eigenvalue weighted by Gasteiger charge is -2.36. The highest BCUT2D eigenvalue weighted by Gasteiger charge is 2.50. The lowest BCUT2D eigenvalue weighted by Crippen LogP contribution is -2.58. The van der Waals surface area contributed by atoms with Crippen molar-refractivity contribution in [3.63, 3.8) is 0 Å². The molecule has 1 aromatic heterocycles. The van der Waals surface area contributed by atoms with E-state index < -0.39 is 66.0 Å². The molecule has 5 N–H and O–H groups in total. The molecule has 4 heterocycles. The fraction of sp³-hybridized carbons (Fsp3) is 0.408. The van der Waals surface area contributed by atoms with Crippen LogP contribution < -0.4 is 20.9 Å². The van der Waals surface area contributed by atoms with E-state index in [9.17, 15) is 56.7 Å². The number of unbranched alkanes of at least 4 members (excludes halogenated alkanes) is 1. The molecule has 364 valence electrons. The number of nitrogens with zero attached hydrogens (tertiary/aromatic N) is 3. The third-order valence-corrected chi connectivity index (χ3v) is 14.5. The molecule has 4 aromatic rings. The number of hydrogen-bond donors (Lipinski definition) is 5. The third kappa shape index (κ3) is 11.1. The van der Waals surface area contributed by atoms with Gasteiger partial charge in [-0.3, -0.25) is 43.4 Å². The van der Waals surface area contributed by atoms with Gasteiger partial charge < -0.3 is 35.1 Å². The van der Waals surface area contributed by atoms with Crippen LogP contribution in [0.4, 0.5) is 14.5 Å². The topological polar surface area (TPSA) is 223 Å². The molecule has 2 unspecified atom stereocenters. The number of imide groups is 1. The van der Waals surface area contributed by atoms with Crippen molar-refractivity contribution in [2.24, 2.45) is 5.41 Å². The van der Waals surface area contributed by atoms with E-state index in [1.807, 2.05) is 19.1 Å². The van der Waals surface area contributed by atoms with Gasteiger partial charge in [-0.25, -0.2) is 0 Å². The van der Waals surface area contributed by atoms with Crippen LogP contribution in [0.1, 0.15) is 108 Å². The van der Waals surface area contributed by atoms with Gasteiger partial charge >= 0.3 is 13.3 Å². The van der Waals surface area contributed by atoms with Crippen molar-refractivity contribution in [2.75, 3.05) is 24.5 Å². The van der Waals surface area contributed by atoms with Crippen molar-refractivity contribution in [1.82, 2.24) is 25.8 Å². The van der Waals surface area contributed by atoms with Crippen LogP contribution in [-0.4, -0.2) is 98.7 Å². The predicted molar refractivity (Wildman–Crippen MR) is 253 cm³/mol. The average molecular weight is 987 g/mol. The zero-order valence-corrected chi connectivity index (χ0v) is 40.2. The number of fused-ring (bicyclic) bond motifs is 2. The number of halogens is 2. The molecule has 69 heavy (non-hydrogen) atoms. The Balaban J connectivity index is 0.965. The maximum atomic E-state index is 14.5. The molecule has 0 spiro atoms. The number of carbonyl (C=O) groups is 7. The molecule has 20 heteroatoms. The van der Waals surface area contributed by atoms with Gasteiger partial charge in [0.05, 0.1) is 4.88 Å². The van der Waals surface area contributed by atoms with E-state index in [1.54, 1.807) is 51.1 Å². The molecule has 0 radical (unpaired) electrons. The van der Waals surface area contributed by atoms with Gasteiger partial charge in [0, 0.05) is 72.5 Å². The van der Waals surface area contributed by atoms with Crippen molar-refractivity contribution in [3.05, 3.63) is 99.4 Å². The summed E-state index contributed by atoms with van der Waals surface area (Å²) in [5.74, 6) is 3.23. The van der Waals surface area contributed by atoms with E-state index in [-0.39, 0.29) is 66.9 Å². The minimum absolute atomic E-state index is 0.00687. The first-order valence-electron chi connectivity index (χ1n) is 22.5. The number of amides is 7. The smallest absolute Gasteiger partial charge is 0.356 e. The van der Waals surface area contributed by atoms with Crippen LogP contribution in [-0.2, 0) is 40.7 Å². The largest absolute Gasteiger partial charge is 0.399 e. The lowest BCUT2D eigenvalue weighted by molar-refractivity contribution is -0.141. The Morgan fingerprint density at radius 1 is 1.01 bits per heavy atom. The van der Waals surface area contributed by atoms with Gasteiger partial charge in [-0.1, -0.05) is 62.4 Å². The number of carbonyl (C=O) groups excluding carboxylic acids is 7. The summed E-state index contributed by atoms with van der Waals surface area (Å²) in [5, 5.41) is 8.15. The molecule has 0 bridgehead atoms. The number of likely N-dealkylation sites (tertiary alicyclic amines) is 1. The first-order chi connectivity index (χ1) is 32.5. The van der Waals surface area contributed by atoms with E-state index in [4.69, 9.17) is 0 Å². The van der Waals surface area contributed by atoms with Gasteiger partial charge in [-0.2, -0.15) is 8.78 Å². The van der Waals surface area contributed by atoms with E-state index in [0.29, 0.717) is 53.7 Å². The number of nitrogens with one attached hydrogen (secondary N) is 3. The number of piperidine rings is 1. The Bertz CT molecular complexity index is 2830. The number of hydrogen-bond acceptors (Lipinski definition) is 9. The maximum Gasteiger partial charge on any atom is 0.399 e. The Morgan fingerprint density at radius 3 is 2.45 bits per heavy atom. The fourth-order valence-electron chi connectivity index (χ4n) is 8.65. The number of thiophene rings is 1. The number of benzene rings is 3. The number of rotatable bonds is 14. The maximum absolute atomic E-state index is 14.5. The molecule has 2 fully saturated rings. The lowest BCUT2D eigenvalue weighted by atomic mass is 9.85. The second-order valence-electron chi connectivity index (χ2n) is 18.5. The van der Waals surface area contributed by atoms with Crippen LogP contribution in [0, 0.1) is 24.2 Å². The normalized spacial score (nSPS) is 17.8. The molecule has 0 aliphatic carbocycles. The minimum atomic E-state index is -5.83. The third-order valence-electron chi connectivity index (χ3n) is 12.4. The van der Waals surface area contributed by atoms with Crippen LogP contribution in [0.15, 0.2) is 66.7 Å². The van der Waals surface area contributed by atoms with Gasteiger partial charge in [0.15, 0.2) is 0 Å². The molecule has 2 saturated heterocycles. The molecular formula is C49H53F2N6O10PS. The molecule has 3 aromatic carbocycles. The van der Waals surface area contributed by atoms with Crippen molar-refractivity contribution in [2.45, 2.75) is 103 Å². The summed E-state index contributed by atoms with van der Waals surface area (Å²) in [6.07, 6.45) is 2.15. The van der Waals surface area contributed by atoms with E-state index in [1.165, 1.54) is 26.8 Å². The number of alkyl halides is 2. The first-order valence-corrected chi connectivity index (χ1v) is 25.0. The molecule has 3 aliphatic heterocycles. The average Bonchev–Trinajstić information content (AvgIpc) is 4.04. The summed E-state index contributed by atoms with van der Waals surface area (Å²) in [6, 6.07) is 14.1. The van der Waals surface area contributed by atoms with E-state index >= 15 is 0 Å².